The summed E-state index contributed by atoms with van der Waals surface area (Å²) in [7, 11) is -2.94. The first-order chi connectivity index (χ1) is 11.9. The van der Waals surface area contributed by atoms with Crippen molar-refractivity contribution in [3.63, 3.8) is 0 Å². The van der Waals surface area contributed by atoms with Crippen LogP contribution < -0.4 is 0 Å². The molecule has 3 heterocycles. The fourth-order valence-corrected chi connectivity index (χ4v) is 6.18. The van der Waals surface area contributed by atoms with E-state index in [4.69, 9.17) is 0 Å². The summed E-state index contributed by atoms with van der Waals surface area (Å²) in [5.41, 5.74) is 0.998. The fraction of sp³-hybridized carbons (Fsp3) is 0.778. The third-order valence-electron chi connectivity index (χ3n) is 5.71. The Bertz CT molecular complexity index is 732. The number of hydrogen-bond donors (Lipinski definition) is 0. The van der Waals surface area contributed by atoms with E-state index in [1.54, 1.807) is 0 Å². The van der Waals surface area contributed by atoms with Crippen molar-refractivity contribution < 1.29 is 8.42 Å². The van der Waals surface area contributed by atoms with Gasteiger partial charge in [-0.2, -0.15) is 0 Å². The molecule has 2 saturated heterocycles. The first-order valence-electron chi connectivity index (χ1n) is 9.41. The molecule has 0 amide bonds. The molecule has 2 atom stereocenters. The smallest absolute Gasteiger partial charge is 0.153 e. The van der Waals surface area contributed by atoms with E-state index in [0.717, 1.165) is 43.6 Å². The van der Waals surface area contributed by atoms with Gasteiger partial charge in [-0.25, -0.2) is 18.4 Å². The molecule has 1 aliphatic carbocycles. The normalized spacial score (nSPS) is 29.9. The van der Waals surface area contributed by atoms with E-state index < -0.39 is 9.84 Å². The SMILES string of the molecule is CC(C)c1nccc(CN2CCN(CC3CC3)C3CS(=O)(=O)CC32)n1. The number of nitrogens with zero attached hydrogens (tertiary/aromatic N) is 4. The molecule has 138 valence electrons. The van der Waals surface area contributed by atoms with Crippen LogP contribution in [0.2, 0.25) is 0 Å². The van der Waals surface area contributed by atoms with Gasteiger partial charge >= 0.3 is 0 Å². The number of fused-ring (bicyclic) bond motifs is 1. The molecule has 7 heteroatoms. The largest absolute Gasteiger partial charge is 0.296 e. The summed E-state index contributed by atoms with van der Waals surface area (Å²) in [5.74, 6) is 2.57. The Hall–Kier alpha value is -1.05. The molecule has 1 aromatic rings. The Morgan fingerprint density at radius 2 is 1.84 bits per heavy atom. The summed E-state index contributed by atoms with van der Waals surface area (Å²) in [5, 5.41) is 0. The van der Waals surface area contributed by atoms with E-state index in [2.05, 4.69) is 33.6 Å². The predicted molar refractivity (Wildman–Crippen MR) is 97.1 cm³/mol. The zero-order valence-corrected chi connectivity index (χ0v) is 16.0. The number of sulfone groups is 1. The second-order valence-electron chi connectivity index (χ2n) is 8.18. The molecule has 0 N–H and O–H groups in total. The lowest BCUT2D eigenvalue weighted by Gasteiger charge is -2.44. The number of rotatable bonds is 5. The predicted octanol–water partition coefficient (Wildman–Crippen LogP) is 1.29. The Morgan fingerprint density at radius 1 is 1.16 bits per heavy atom. The quantitative estimate of drug-likeness (QED) is 0.784. The van der Waals surface area contributed by atoms with E-state index >= 15 is 0 Å². The van der Waals surface area contributed by atoms with Crippen LogP contribution in [0.1, 0.15) is 44.1 Å². The van der Waals surface area contributed by atoms with Gasteiger partial charge in [-0.1, -0.05) is 13.8 Å². The van der Waals surface area contributed by atoms with Gasteiger partial charge in [-0.15, -0.1) is 0 Å². The molecule has 0 spiro atoms. The van der Waals surface area contributed by atoms with Crippen molar-refractivity contribution >= 4 is 9.84 Å². The van der Waals surface area contributed by atoms with Gasteiger partial charge in [0.15, 0.2) is 9.84 Å². The molecule has 0 bridgehead atoms. The van der Waals surface area contributed by atoms with Gasteiger partial charge in [0.1, 0.15) is 5.82 Å². The van der Waals surface area contributed by atoms with Crippen LogP contribution in [-0.4, -0.2) is 71.4 Å². The van der Waals surface area contributed by atoms with Crippen molar-refractivity contribution in [2.75, 3.05) is 31.1 Å². The molecule has 1 saturated carbocycles. The maximum atomic E-state index is 12.3. The van der Waals surface area contributed by atoms with E-state index in [9.17, 15) is 8.42 Å². The van der Waals surface area contributed by atoms with Crippen LogP contribution >= 0.6 is 0 Å². The monoisotopic (exact) mass is 364 g/mol. The second-order valence-corrected chi connectivity index (χ2v) is 10.3. The first-order valence-corrected chi connectivity index (χ1v) is 11.2. The molecule has 25 heavy (non-hydrogen) atoms. The minimum Gasteiger partial charge on any atom is -0.296 e. The highest BCUT2D eigenvalue weighted by atomic mass is 32.2. The number of piperazine rings is 1. The molecule has 6 nitrogen and oxygen atoms in total. The highest BCUT2D eigenvalue weighted by Gasteiger charge is 2.47. The van der Waals surface area contributed by atoms with Crippen LogP contribution in [0.15, 0.2) is 12.3 Å². The molecule has 0 aromatic carbocycles. The van der Waals surface area contributed by atoms with Crippen molar-refractivity contribution in [2.24, 2.45) is 5.92 Å². The van der Waals surface area contributed by atoms with Crippen molar-refractivity contribution in [1.82, 2.24) is 19.8 Å². The summed E-state index contributed by atoms with van der Waals surface area (Å²) in [6.45, 7) is 7.87. The molecule has 3 aliphatic rings. The summed E-state index contributed by atoms with van der Waals surface area (Å²) >= 11 is 0. The van der Waals surface area contributed by atoms with Gasteiger partial charge in [-0.3, -0.25) is 9.80 Å². The minimum atomic E-state index is -2.94. The average molecular weight is 365 g/mol. The summed E-state index contributed by atoms with van der Waals surface area (Å²) in [6, 6.07) is 2.22. The summed E-state index contributed by atoms with van der Waals surface area (Å²) < 4.78 is 24.6. The Labute approximate surface area is 150 Å². The number of aromatic nitrogens is 2. The molecule has 3 fully saturated rings. The van der Waals surface area contributed by atoms with E-state index in [0.29, 0.717) is 17.4 Å². The molecule has 2 unspecified atom stereocenters. The van der Waals surface area contributed by atoms with Crippen molar-refractivity contribution in [2.45, 2.75) is 51.2 Å². The van der Waals surface area contributed by atoms with Gasteiger partial charge in [-0.05, 0) is 24.8 Å². The van der Waals surface area contributed by atoms with Gasteiger partial charge < -0.3 is 0 Å². The third-order valence-corrected chi connectivity index (χ3v) is 7.41. The lowest BCUT2D eigenvalue weighted by Crippen LogP contribution is -2.59. The maximum absolute atomic E-state index is 12.3. The third kappa shape index (κ3) is 3.88. The van der Waals surface area contributed by atoms with Crippen LogP contribution in [0.25, 0.3) is 0 Å². The molecular formula is C18H28N4O2S. The second kappa shape index (κ2) is 6.59. The van der Waals surface area contributed by atoms with Crippen LogP contribution in [0.3, 0.4) is 0 Å². The van der Waals surface area contributed by atoms with E-state index in [1.165, 1.54) is 12.8 Å². The number of hydrogen-bond acceptors (Lipinski definition) is 6. The molecule has 0 radical (unpaired) electrons. The van der Waals surface area contributed by atoms with Gasteiger partial charge in [0.2, 0.25) is 0 Å². The Balaban J connectivity index is 1.51. The highest BCUT2D eigenvalue weighted by Crippen LogP contribution is 2.34. The van der Waals surface area contributed by atoms with Crippen LogP contribution in [0.4, 0.5) is 0 Å². The minimum absolute atomic E-state index is 0.106. The van der Waals surface area contributed by atoms with Crippen LogP contribution in [-0.2, 0) is 16.4 Å². The summed E-state index contributed by atoms with van der Waals surface area (Å²) in [4.78, 5) is 13.8. The highest BCUT2D eigenvalue weighted by molar-refractivity contribution is 7.91. The van der Waals surface area contributed by atoms with Crippen LogP contribution in [0.5, 0.6) is 0 Å². The van der Waals surface area contributed by atoms with E-state index in [1.807, 2.05) is 12.3 Å². The Morgan fingerprint density at radius 3 is 2.52 bits per heavy atom. The average Bonchev–Trinajstić information content (AvgIpc) is 3.30. The van der Waals surface area contributed by atoms with Gasteiger partial charge in [0.05, 0.1) is 17.2 Å². The van der Waals surface area contributed by atoms with Crippen molar-refractivity contribution in [3.8, 4) is 0 Å². The van der Waals surface area contributed by atoms with E-state index in [-0.39, 0.29) is 12.1 Å². The molecule has 2 aliphatic heterocycles. The van der Waals surface area contributed by atoms with Crippen molar-refractivity contribution in [3.05, 3.63) is 23.8 Å². The fourth-order valence-electron chi connectivity index (χ4n) is 4.14. The van der Waals surface area contributed by atoms with Crippen LogP contribution in [0, 0.1) is 5.92 Å². The lowest BCUT2D eigenvalue weighted by atomic mass is 10.0. The maximum Gasteiger partial charge on any atom is 0.153 e. The zero-order chi connectivity index (χ0) is 17.6. The topological polar surface area (TPSA) is 66.4 Å². The molecule has 1 aromatic heterocycles. The Kier molecular flexibility index (Phi) is 4.58. The first kappa shape index (κ1) is 17.4. The molecular weight excluding hydrogens is 336 g/mol. The zero-order valence-electron chi connectivity index (χ0n) is 15.1. The van der Waals surface area contributed by atoms with Gasteiger partial charge in [0.25, 0.3) is 0 Å². The summed E-state index contributed by atoms with van der Waals surface area (Å²) in [6.07, 6.45) is 4.44. The van der Waals surface area contributed by atoms with Gasteiger partial charge in [0, 0.05) is 50.4 Å². The lowest BCUT2D eigenvalue weighted by molar-refractivity contribution is 0.0368. The molecule has 4 rings (SSSR count). The standard InChI is InChI=1S/C18H28N4O2S/c1-13(2)18-19-6-5-15(20-18)10-22-8-7-21(9-14-3-4-14)16-11-25(23,24)12-17(16)22/h5-6,13-14,16-17H,3-4,7-12H2,1-2H3. The van der Waals surface area contributed by atoms with Crippen molar-refractivity contribution in [1.29, 1.82) is 0 Å².